The van der Waals surface area contributed by atoms with E-state index in [1.165, 1.54) is 0 Å². The molecular formula is C9H13BrF3NO2. The van der Waals surface area contributed by atoms with E-state index in [9.17, 15) is 22.8 Å². The molecule has 0 spiro atoms. The Morgan fingerprint density at radius 3 is 2.12 bits per heavy atom. The van der Waals surface area contributed by atoms with Crippen molar-refractivity contribution < 1.29 is 22.8 Å². The maximum atomic E-state index is 12.0. The molecule has 3 nitrogen and oxygen atoms in total. The predicted octanol–water partition coefficient (Wildman–Crippen LogP) is 2.04. The fraction of sp³-hybridized carbons (Fsp3) is 0.778. The summed E-state index contributed by atoms with van der Waals surface area (Å²) in [5, 5.41) is 1.88. The van der Waals surface area contributed by atoms with E-state index in [0.717, 1.165) is 0 Å². The first-order chi connectivity index (χ1) is 7.18. The molecule has 0 radical (unpaired) electrons. The molecule has 0 heterocycles. The third-order valence-corrected chi connectivity index (χ3v) is 2.60. The molecule has 7 heteroatoms. The largest absolute Gasteiger partial charge is 0.471 e. The molecule has 0 saturated heterocycles. The number of carbonyl (C=O) groups excluding carboxylic acids is 2. The zero-order valence-electron chi connectivity index (χ0n) is 8.90. The van der Waals surface area contributed by atoms with Crippen molar-refractivity contribution in [2.45, 2.75) is 32.5 Å². The van der Waals surface area contributed by atoms with E-state index in [-0.39, 0.29) is 23.5 Å². The van der Waals surface area contributed by atoms with Gasteiger partial charge >= 0.3 is 12.1 Å². The second-order valence-corrected chi connectivity index (χ2v) is 4.26. The smallest absolute Gasteiger partial charge is 0.345 e. The topological polar surface area (TPSA) is 46.2 Å². The van der Waals surface area contributed by atoms with E-state index in [4.69, 9.17) is 0 Å². The fourth-order valence-corrected chi connectivity index (χ4v) is 1.23. The molecule has 0 aliphatic heterocycles. The van der Waals surface area contributed by atoms with Crippen LogP contribution in [0.5, 0.6) is 0 Å². The molecule has 0 aliphatic rings. The van der Waals surface area contributed by atoms with Crippen molar-refractivity contribution >= 4 is 27.6 Å². The van der Waals surface area contributed by atoms with Crippen molar-refractivity contribution in [2.24, 2.45) is 5.92 Å². The number of halogens is 4. The van der Waals surface area contributed by atoms with Crippen molar-refractivity contribution in [2.75, 3.05) is 5.33 Å². The van der Waals surface area contributed by atoms with Gasteiger partial charge in [-0.2, -0.15) is 13.2 Å². The van der Waals surface area contributed by atoms with Crippen molar-refractivity contribution in [1.82, 2.24) is 5.32 Å². The summed E-state index contributed by atoms with van der Waals surface area (Å²) in [6.07, 6.45) is -5.02. The summed E-state index contributed by atoms with van der Waals surface area (Å²) in [6.45, 7) is 3.28. The molecule has 0 saturated carbocycles. The van der Waals surface area contributed by atoms with Gasteiger partial charge in [0.1, 0.15) is 5.78 Å². The van der Waals surface area contributed by atoms with Crippen LogP contribution in [0.2, 0.25) is 0 Å². The van der Waals surface area contributed by atoms with Crippen LogP contribution in [-0.4, -0.2) is 29.2 Å². The van der Waals surface area contributed by atoms with Gasteiger partial charge in [0.05, 0.1) is 5.33 Å². The molecule has 0 aromatic heterocycles. The monoisotopic (exact) mass is 303 g/mol. The molecule has 16 heavy (non-hydrogen) atoms. The lowest BCUT2D eigenvalue weighted by molar-refractivity contribution is -0.174. The van der Waals surface area contributed by atoms with E-state index < -0.39 is 18.1 Å². The highest BCUT2D eigenvalue weighted by atomic mass is 79.9. The number of hydrogen-bond donors (Lipinski definition) is 1. The first-order valence-electron chi connectivity index (χ1n) is 4.63. The summed E-state index contributed by atoms with van der Waals surface area (Å²) < 4.78 is 36.0. The van der Waals surface area contributed by atoms with Gasteiger partial charge in [-0.25, -0.2) is 0 Å². The molecule has 1 N–H and O–H groups in total. The lowest BCUT2D eigenvalue weighted by Gasteiger charge is -2.22. The number of amides is 1. The van der Waals surface area contributed by atoms with Crippen molar-refractivity contribution in [3.05, 3.63) is 0 Å². The van der Waals surface area contributed by atoms with Crippen LogP contribution in [0.4, 0.5) is 13.2 Å². The van der Waals surface area contributed by atoms with Gasteiger partial charge in [0.15, 0.2) is 0 Å². The predicted molar refractivity (Wildman–Crippen MR) is 56.2 cm³/mol. The Balaban J connectivity index is 4.47. The number of alkyl halides is 4. The maximum absolute atomic E-state index is 12.0. The van der Waals surface area contributed by atoms with Crippen LogP contribution in [0.3, 0.4) is 0 Å². The van der Waals surface area contributed by atoms with Crippen LogP contribution < -0.4 is 5.32 Å². The summed E-state index contributed by atoms with van der Waals surface area (Å²) in [6, 6.07) is -0.792. The molecule has 0 bridgehead atoms. The number of Topliss-reactive ketones (excluding diaryl/α,β-unsaturated/α-hetero) is 1. The molecule has 0 aliphatic carbocycles. The Hall–Kier alpha value is -0.590. The molecule has 0 aromatic rings. The normalized spacial score (nSPS) is 13.7. The molecule has 1 atom stereocenters. The highest BCUT2D eigenvalue weighted by molar-refractivity contribution is 9.09. The molecule has 94 valence electrons. The zero-order chi connectivity index (χ0) is 12.9. The molecule has 1 unspecified atom stereocenters. The van der Waals surface area contributed by atoms with Crippen molar-refractivity contribution in [3.8, 4) is 0 Å². The highest BCUT2D eigenvalue weighted by Crippen LogP contribution is 2.16. The lowest BCUT2D eigenvalue weighted by Crippen LogP contribution is -2.46. The van der Waals surface area contributed by atoms with Gasteiger partial charge < -0.3 is 5.32 Å². The van der Waals surface area contributed by atoms with Gasteiger partial charge in [0, 0.05) is 12.5 Å². The van der Waals surface area contributed by atoms with Crippen LogP contribution in [-0.2, 0) is 9.59 Å². The summed E-state index contributed by atoms with van der Waals surface area (Å²) in [5.74, 6) is -2.50. The second kappa shape index (κ2) is 6.22. The third kappa shape index (κ3) is 5.48. The Morgan fingerprint density at radius 1 is 1.31 bits per heavy atom. The average Bonchev–Trinajstić information content (AvgIpc) is 2.14. The van der Waals surface area contributed by atoms with Crippen LogP contribution in [0.25, 0.3) is 0 Å². The first kappa shape index (κ1) is 15.4. The third-order valence-electron chi connectivity index (χ3n) is 1.98. The molecular weight excluding hydrogens is 291 g/mol. The maximum Gasteiger partial charge on any atom is 0.471 e. The fourth-order valence-electron chi connectivity index (χ4n) is 1.00. The number of rotatable bonds is 5. The lowest BCUT2D eigenvalue weighted by atomic mass is 9.99. The Bertz CT molecular complexity index is 266. The van der Waals surface area contributed by atoms with E-state index in [0.29, 0.717) is 0 Å². The second-order valence-electron chi connectivity index (χ2n) is 3.70. The minimum atomic E-state index is -4.91. The Labute approximate surface area is 99.9 Å². The number of ketones is 1. The van der Waals surface area contributed by atoms with Crippen LogP contribution in [0.1, 0.15) is 20.3 Å². The van der Waals surface area contributed by atoms with Gasteiger partial charge in [0.25, 0.3) is 0 Å². The Kier molecular flexibility index (Phi) is 5.99. The van der Waals surface area contributed by atoms with Crippen LogP contribution >= 0.6 is 15.9 Å². The first-order valence-corrected chi connectivity index (χ1v) is 5.76. The zero-order valence-corrected chi connectivity index (χ0v) is 10.5. The van der Waals surface area contributed by atoms with Crippen molar-refractivity contribution in [3.63, 3.8) is 0 Å². The van der Waals surface area contributed by atoms with Gasteiger partial charge in [0.2, 0.25) is 0 Å². The minimum absolute atomic E-state index is 0.0676. The van der Waals surface area contributed by atoms with E-state index in [1.54, 1.807) is 13.8 Å². The SMILES string of the molecule is CC(C)C(CC(=O)CBr)NC(=O)C(F)(F)F. The average molecular weight is 304 g/mol. The van der Waals surface area contributed by atoms with Crippen molar-refractivity contribution in [1.29, 1.82) is 0 Å². The van der Waals surface area contributed by atoms with Gasteiger partial charge in [-0.15, -0.1) is 0 Å². The summed E-state index contributed by atoms with van der Waals surface area (Å²) >= 11 is 2.91. The highest BCUT2D eigenvalue weighted by Gasteiger charge is 2.40. The Morgan fingerprint density at radius 2 is 1.81 bits per heavy atom. The van der Waals surface area contributed by atoms with Gasteiger partial charge in [-0.05, 0) is 5.92 Å². The molecule has 0 rings (SSSR count). The standard InChI is InChI=1S/C9H13BrF3NO2/c1-5(2)7(3-6(15)4-10)14-8(16)9(11,12)13/h5,7H,3-4H2,1-2H3,(H,14,16). The van der Waals surface area contributed by atoms with E-state index >= 15 is 0 Å². The molecule has 0 aromatic carbocycles. The van der Waals surface area contributed by atoms with Crippen LogP contribution in [0, 0.1) is 5.92 Å². The molecule has 1 amide bonds. The van der Waals surface area contributed by atoms with Crippen LogP contribution in [0.15, 0.2) is 0 Å². The van der Waals surface area contributed by atoms with Gasteiger partial charge in [-0.1, -0.05) is 29.8 Å². The summed E-state index contributed by atoms with van der Waals surface area (Å²) in [7, 11) is 0. The van der Waals surface area contributed by atoms with Gasteiger partial charge in [-0.3, -0.25) is 9.59 Å². The number of carbonyl (C=O) groups is 2. The molecule has 0 fully saturated rings. The quantitative estimate of drug-likeness (QED) is 0.790. The minimum Gasteiger partial charge on any atom is -0.345 e. The number of nitrogens with one attached hydrogen (secondary N) is 1. The summed E-state index contributed by atoms with van der Waals surface area (Å²) in [5.41, 5.74) is 0. The number of hydrogen-bond acceptors (Lipinski definition) is 2. The van der Waals surface area contributed by atoms with E-state index in [2.05, 4.69) is 15.9 Å². The van der Waals surface area contributed by atoms with E-state index in [1.807, 2.05) is 5.32 Å². The summed E-state index contributed by atoms with van der Waals surface area (Å²) in [4.78, 5) is 21.8.